The molecule has 4 nitrogen and oxygen atoms in total. The zero-order valence-corrected chi connectivity index (χ0v) is 15.4. The number of hydrogen-bond donors (Lipinski definition) is 1. The number of rotatable bonds is 6. The van der Waals surface area contributed by atoms with Gasteiger partial charge in [-0.05, 0) is 42.3 Å². The van der Waals surface area contributed by atoms with Crippen LogP contribution in [0.25, 0.3) is 0 Å². The van der Waals surface area contributed by atoms with Gasteiger partial charge in [0.2, 0.25) is 0 Å². The van der Waals surface area contributed by atoms with Crippen LogP contribution in [-0.2, 0) is 20.7 Å². The van der Waals surface area contributed by atoms with Crippen LogP contribution < -0.4 is 5.32 Å². The highest BCUT2D eigenvalue weighted by Gasteiger charge is 2.12. The highest BCUT2D eigenvalue weighted by Crippen LogP contribution is 2.17. The molecule has 0 aliphatic carbocycles. The van der Waals surface area contributed by atoms with Crippen LogP contribution >= 0.6 is 27.5 Å². The largest absolute Gasteiger partial charge is 0.455 e. The van der Waals surface area contributed by atoms with Crippen molar-refractivity contribution >= 4 is 39.4 Å². The van der Waals surface area contributed by atoms with Crippen LogP contribution in [0.1, 0.15) is 24.1 Å². The van der Waals surface area contributed by atoms with Gasteiger partial charge in [-0.15, -0.1) is 0 Å². The van der Waals surface area contributed by atoms with Crippen LogP contribution in [0, 0.1) is 0 Å². The molecule has 1 atom stereocenters. The van der Waals surface area contributed by atoms with E-state index >= 15 is 0 Å². The topological polar surface area (TPSA) is 55.4 Å². The predicted molar refractivity (Wildman–Crippen MR) is 96.8 cm³/mol. The summed E-state index contributed by atoms with van der Waals surface area (Å²) in [6.07, 6.45) is 0.129. The molecule has 0 saturated heterocycles. The van der Waals surface area contributed by atoms with Gasteiger partial charge >= 0.3 is 5.97 Å². The van der Waals surface area contributed by atoms with Crippen LogP contribution in [0.3, 0.4) is 0 Å². The summed E-state index contributed by atoms with van der Waals surface area (Å²) in [5, 5.41) is 3.38. The van der Waals surface area contributed by atoms with Crippen molar-refractivity contribution < 1.29 is 14.3 Å². The summed E-state index contributed by atoms with van der Waals surface area (Å²) in [6.45, 7) is 1.54. The molecule has 1 N–H and O–H groups in total. The van der Waals surface area contributed by atoms with Crippen LogP contribution in [0.5, 0.6) is 0 Å². The third kappa shape index (κ3) is 5.98. The van der Waals surface area contributed by atoms with E-state index in [1.807, 2.05) is 43.3 Å². The molecule has 0 bridgehead atoms. The first-order valence-electron chi connectivity index (χ1n) is 7.39. The molecule has 24 heavy (non-hydrogen) atoms. The number of hydrogen-bond acceptors (Lipinski definition) is 3. The monoisotopic (exact) mass is 409 g/mol. The molecule has 0 unspecified atom stereocenters. The Hall–Kier alpha value is -1.85. The average Bonchev–Trinajstić information content (AvgIpc) is 2.55. The summed E-state index contributed by atoms with van der Waals surface area (Å²) >= 11 is 9.26. The van der Waals surface area contributed by atoms with E-state index in [0.717, 1.165) is 15.6 Å². The fraction of sp³-hybridized carbons (Fsp3) is 0.222. The molecule has 0 radical (unpaired) electrons. The second kappa shape index (κ2) is 8.85. The summed E-state index contributed by atoms with van der Waals surface area (Å²) in [7, 11) is 0. The van der Waals surface area contributed by atoms with Gasteiger partial charge in [0, 0.05) is 9.50 Å². The second-order valence-corrected chi connectivity index (χ2v) is 6.66. The SMILES string of the molecule is C[C@H](NC(=O)COC(=O)Cc1ccc(Br)cc1)c1cccc(Cl)c1. The van der Waals surface area contributed by atoms with Crippen molar-refractivity contribution in [2.24, 2.45) is 0 Å². The van der Waals surface area contributed by atoms with Crippen molar-refractivity contribution in [1.82, 2.24) is 5.32 Å². The van der Waals surface area contributed by atoms with E-state index in [1.54, 1.807) is 12.1 Å². The molecule has 0 aliphatic heterocycles. The number of amides is 1. The van der Waals surface area contributed by atoms with Crippen molar-refractivity contribution in [1.29, 1.82) is 0 Å². The van der Waals surface area contributed by atoms with Crippen molar-refractivity contribution in [2.75, 3.05) is 6.61 Å². The molecule has 2 aromatic rings. The standard InChI is InChI=1S/C18H17BrClNO3/c1-12(14-3-2-4-16(20)10-14)21-17(22)11-24-18(23)9-13-5-7-15(19)8-6-13/h2-8,10,12H,9,11H2,1H3,(H,21,22)/t12-/m0/s1. The number of carbonyl (C=O) groups is 2. The lowest BCUT2D eigenvalue weighted by atomic mass is 10.1. The average molecular weight is 411 g/mol. The lowest BCUT2D eigenvalue weighted by molar-refractivity contribution is -0.148. The highest BCUT2D eigenvalue weighted by atomic mass is 79.9. The second-order valence-electron chi connectivity index (χ2n) is 5.31. The van der Waals surface area contributed by atoms with Crippen LogP contribution in [-0.4, -0.2) is 18.5 Å². The summed E-state index contributed by atoms with van der Waals surface area (Å²) in [6, 6.07) is 14.4. The Morgan fingerprint density at radius 3 is 2.58 bits per heavy atom. The number of halogens is 2. The zero-order chi connectivity index (χ0) is 17.5. The van der Waals surface area contributed by atoms with Crippen LogP contribution in [0.15, 0.2) is 53.0 Å². The Kier molecular flexibility index (Phi) is 6.82. The maximum atomic E-state index is 11.9. The minimum Gasteiger partial charge on any atom is -0.455 e. The van der Waals surface area contributed by atoms with E-state index in [4.69, 9.17) is 16.3 Å². The minimum atomic E-state index is -0.442. The predicted octanol–water partition coefficient (Wildman–Crippen LogP) is 4.07. The van der Waals surface area contributed by atoms with Gasteiger partial charge < -0.3 is 10.1 Å². The zero-order valence-electron chi connectivity index (χ0n) is 13.1. The van der Waals surface area contributed by atoms with Crippen molar-refractivity contribution in [2.45, 2.75) is 19.4 Å². The molecule has 2 rings (SSSR count). The summed E-state index contributed by atoms with van der Waals surface area (Å²) in [5.41, 5.74) is 1.72. The smallest absolute Gasteiger partial charge is 0.310 e. The van der Waals surface area contributed by atoms with Gasteiger partial charge in [-0.25, -0.2) is 0 Å². The Morgan fingerprint density at radius 1 is 1.21 bits per heavy atom. The molecular weight excluding hydrogens is 394 g/mol. The quantitative estimate of drug-likeness (QED) is 0.731. The third-order valence-corrected chi connectivity index (χ3v) is 4.12. The summed E-state index contributed by atoms with van der Waals surface area (Å²) in [5.74, 6) is -0.797. The maximum Gasteiger partial charge on any atom is 0.310 e. The van der Waals surface area contributed by atoms with Crippen molar-refractivity contribution in [3.05, 3.63) is 69.2 Å². The van der Waals surface area contributed by atoms with E-state index in [1.165, 1.54) is 0 Å². The first-order valence-corrected chi connectivity index (χ1v) is 8.56. The molecule has 2 aromatic carbocycles. The molecular formula is C18H17BrClNO3. The minimum absolute atomic E-state index is 0.129. The molecule has 0 fully saturated rings. The van der Waals surface area contributed by atoms with Crippen LogP contribution in [0.2, 0.25) is 5.02 Å². The number of benzene rings is 2. The molecule has 1 amide bonds. The molecule has 0 aliphatic rings. The fourth-order valence-corrected chi connectivity index (χ4v) is 2.57. The molecule has 0 aromatic heterocycles. The van der Waals surface area contributed by atoms with E-state index in [0.29, 0.717) is 5.02 Å². The molecule has 6 heteroatoms. The third-order valence-electron chi connectivity index (χ3n) is 3.35. The van der Waals surface area contributed by atoms with Gasteiger partial charge in [0.25, 0.3) is 5.91 Å². The maximum absolute atomic E-state index is 11.9. The molecule has 126 valence electrons. The van der Waals surface area contributed by atoms with E-state index in [-0.39, 0.29) is 25.0 Å². The Morgan fingerprint density at radius 2 is 1.92 bits per heavy atom. The van der Waals surface area contributed by atoms with Gasteiger partial charge in [0.15, 0.2) is 6.61 Å². The van der Waals surface area contributed by atoms with Gasteiger partial charge in [0.05, 0.1) is 12.5 Å². The lowest BCUT2D eigenvalue weighted by Gasteiger charge is -2.14. The highest BCUT2D eigenvalue weighted by molar-refractivity contribution is 9.10. The van der Waals surface area contributed by atoms with Gasteiger partial charge in [-0.3, -0.25) is 9.59 Å². The number of carbonyl (C=O) groups excluding carboxylic acids is 2. The normalized spacial score (nSPS) is 11.6. The summed E-state index contributed by atoms with van der Waals surface area (Å²) < 4.78 is 5.95. The molecule has 0 spiro atoms. The number of ether oxygens (including phenoxy) is 1. The molecule has 0 saturated carbocycles. The van der Waals surface area contributed by atoms with E-state index < -0.39 is 5.97 Å². The number of esters is 1. The van der Waals surface area contributed by atoms with Gasteiger partial charge in [-0.1, -0.05) is 51.8 Å². The first-order chi connectivity index (χ1) is 11.4. The first kappa shape index (κ1) is 18.5. The Bertz CT molecular complexity index is 718. The molecule has 0 heterocycles. The lowest BCUT2D eigenvalue weighted by Crippen LogP contribution is -2.31. The summed E-state index contributed by atoms with van der Waals surface area (Å²) in [4.78, 5) is 23.7. The van der Waals surface area contributed by atoms with Gasteiger partial charge in [0.1, 0.15) is 0 Å². The Labute approximate surface area is 154 Å². The fourth-order valence-electron chi connectivity index (χ4n) is 2.11. The van der Waals surface area contributed by atoms with E-state index in [2.05, 4.69) is 21.2 Å². The van der Waals surface area contributed by atoms with E-state index in [9.17, 15) is 9.59 Å². The Balaban J connectivity index is 1.78. The van der Waals surface area contributed by atoms with Gasteiger partial charge in [-0.2, -0.15) is 0 Å². The van der Waals surface area contributed by atoms with Crippen LogP contribution in [0.4, 0.5) is 0 Å². The van der Waals surface area contributed by atoms with Crippen molar-refractivity contribution in [3.8, 4) is 0 Å². The van der Waals surface area contributed by atoms with Crippen molar-refractivity contribution in [3.63, 3.8) is 0 Å². The number of nitrogens with one attached hydrogen (secondary N) is 1.